The number of aliphatic carboxylic acids is 1. The van der Waals surface area contributed by atoms with Gasteiger partial charge in [0.1, 0.15) is 6.04 Å². The van der Waals surface area contributed by atoms with Gasteiger partial charge >= 0.3 is 12.1 Å². The second-order valence-corrected chi connectivity index (χ2v) is 12.4. The van der Waals surface area contributed by atoms with Gasteiger partial charge in [0, 0.05) is 25.1 Å². The Balaban J connectivity index is 1.92. The number of nitrogens with zero attached hydrogens (tertiary/aromatic N) is 2. The number of alkyl halides is 3. The maximum absolute atomic E-state index is 14.1. The number of benzene rings is 3. The van der Waals surface area contributed by atoms with Gasteiger partial charge in [-0.25, -0.2) is 13.2 Å². The lowest BCUT2D eigenvalue weighted by Gasteiger charge is -2.35. The third-order valence-electron chi connectivity index (χ3n) is 7.16. The number of carbonyl (C=O) groups is 1. The number of carboxylic acids is 1. The molecule has 5 rings (SSSR count). The van der Waals surface area contributed by atoms with Gasteiger partial charge in [-0.3, -0.25) is 9.36 Å². The van der Waals surface area contributed by atoms with Crippen LogP contribution in [0.2, 0.25) is 0 Å². The molecule has 0 saturated carbocycles. The predicted molar refractivity (Wildman–Crippen MR) is 151 cm³/mol. The lowest BCUT2D eigenvalue weighted by molar-refractivity contribution is -0.141. The monoisotopic (exact) mass is 648 g/mol. The molecule has 41 heavy (non-hydrogen) atoms. The van der Waals surface area contributed by atoms with E-state index in [-0.39, 0.29) is 34.1 Å². The summed E-state index contributed by atoms with van der Waals surface area (Å²) in [7, 11) is -4.50. The van der Waals surface area contributed by atoms with Gasteiger partial charge in [-0.05, 0) is 61.9 Å². The van der Waals surface area contributed by atoms with Gasteiger partial charge in [-0.2, -0.15) is 17.5 Å². The van der Waals surface area contributed by atoms with E-state index in [4.69, 9.17) is 0 Å². The molecule has 214 valence electrons. The molecule has 0 aliphatic carbocycles. The number of hydrogen-bond acceptors (Lipinski definition) is 4. The number of carboxylic acid groups (broad SMARTS) is 1. The molecule has 0 spiro atoms. The maximum atomic E-state index is 14.1. The average molecular weight is 649 g/mol. The molecule has 1 aromatic heterocycles. The summed E-state index contributed by atoms with van der Waals surface area (Å²) in [5.41, 5.74) is -1.32. The fraction of sp³-hybridized carbons (Fsp3) is 0.241. The number of aromatic nitrogens is 1. The van der Waals surface area contributed by atoms with Crippen LogP contribution in [0.3, 0.4) is 0 Å². The molecule has 7 nitrogen and oxygen atoms in total. The molecule has 0 saturated heterocycles. The van der Waals surface area contributed by atoms with Crippen molar-refractivity contribution in [3.8, 4) is 11.1 Å². The zero-order chi connectivity index (χ0) is 29.7. The predicted octanol–water partition coefficient (Wildman–Crippen LogP) is 6.08. The maximum Gasteiger partial charge on any atom is 0.416 e. The summed E-state index contributed by atoms with van der Waals surface area (Å²) in [4.78, 5) is 26.1. The van der Waals surface area contributed by atoms with Crippen LogP contribution in [-0.4, -0.2) is 41.5 Å². The summed E-state index contributed by atoms with van der Waals surface area (Å²) in [5.74, 6) is -1.44. The normalized spacial score (nSPS) is 17.0. The van der Waals surface area contributed by atoms with Gasteiger partial charge in [0.05, 0.1) is 10.0 Å². The topological polar surface area (TPSA) is 96.7 Å². The first kappa shape index (κ1) is 29.0. The first-order valence-corrected chi connectivity index (χ1v) is 14.9. The Hall–Kier alpha value is -3.48. The van der Waals surface area contributed by atoms with Crippen LogP contribution in [0.4, 0.5) is 13.2 Å². The lowest BCUT2D eigenvalue weighted by atomic mass is 9.93. The SMILES string of the molecule is CCCN1CC(C(=O)O)n2c(c(-c3cccc(C(F)(F)F)c3)c(Cc3cccc4ccccc34)c(Br)c2=O)S1(=O)=O. The van der Waals surface area contributed by atoms with Crippen LogP contribution in [0.1, 0.15) is 36.1 Å². The summed E-state index contributed by atoms with van der Waals surface area (Å²) in [5, 5.41) is 11.1. The highest BCUT2D eigenvalue weighted by Gasteiger charge is 2.44. The Morgan fingerprint density at radius 3 is 2.44 bits per heavy atom. The highest BCUT2D eigenvalue weighted by molar-refractivity contribution is 9.10. The zero-order valence-corrected chi connectivity index (χ0v) is 24.1. The number of halogens is 4. The summed E-state index contributed by atoms with van der Waals surface area (Å²) in [6.45, 7) is 1.20. The minimum Gasteiger partial charge on any atom is -0.480 e. The largest absolute Gasteiger partial charge is 0.480 e. The van der Waals surface area contributed by atoms with E-state index in [0.717, 1.165) is 33.3 Å². The van der Waals surface area contributed by atoms with E-state index in [1.807, 2.05) is 30.3 Å². The van der Waals surface area contributed by atoms with Crippen molar-refractivity contribution in [2.75, 3.05) is 13.1 Å². The molecule has 0 bridgehead atoms. The van der Waals surface area contributed by atoms with Crippen LogP contribution in [-0.2, 0) is 27.4 Å². The molecule has 1 unspecified atom stereocenters. The van der Waals surface area contributed by atoms with Crippen molar-refractivity contribution in [1.82, 2.24) is 8.87 Å². The van der Waals surface area contributed by atoms with Crippen LogP contribution in [0.5, 0.6) is 0 Å². The summed E-state index contributed by atoms with van der Waals surface area (Å²) in [6.07, 6.45) is -4.39. The fourth-order valence-electron chi connectivity index (χ4n) is 5.32. The second kappa shape index (κ2) is 10.7. The standard InChI is InChI=1S/C29H24BrF3N2O5S/c1-2-13-34-16-23(28(37)38)35-26(36)25(30)22(15-18-9-5-8-17-7-3-4-12-21(17)18)24(27(35)41(34,39)40)19-10-6-11-20(14-19)29(31,32)33/h3-12,14,23H,2,13,15-16H2,1H3,(H,37,38). The van der Waals surface area contributed by atoms with Crippen LogP contribution >= 0.6 is 15.9 Å². The Kier molecular flexibility index (Phi) is 7.60. The van der Waals surface area contributed by atoms with Crippen LogP contribution < -0.4 is 5.56 Å². The third kappa shape index (κ3) is 5.08. The highest BCUT2D eigenvalue weighted by atomic mass is 79.9. The molecule has 2 heterocycles. The van der Waals surface area contributed by atoms with E-state index in [2.05, 4.69) is 15.9 Å². The molecule has 12 heteroatoms. The molecule has 4 aromatic rings. The van der Waals surface area contributed by atoms with E-state index >= 15 is 0 Å². The van der Waals surface area contributed by atoms with Gasteiger partial charge in [0.15, 0.2) is 5.03 Å². The minimum atomic E-state index is -4.73. The summed E-state index contributed by atoms with van der Waals surface area (Å²) in [6, 6.07) is 15.5. The Morgan fingerprint density at radius 1 is 1.07 bits per heavy atom. The third-order valence-corrected chi connectivity index (χ3v) is 9.88. The highest BCUT2D eigenvalue weighted by Crippen LogP contribution is 2.42. The quantitative estimate of drug-likeness (QED) is 0.273. The first-order chi connectivity index (χ1) is 19.4. The van der Waals surface area contributed by atoms with Crippen molar-refractivity contribution < 1.29 is 31.5 Å². The summed E-state index contributed by atoms with van der Waals surface area (Å²) < 4.78 is 71.1. The Labute approximate surface area is 242 Å². The van der Waals surface area contributed by atoms with Gasteiger partial charge in [-0.15, -0.1) is 0 Å². The van der Waals surface area contributed by atoms with E-state index in [9.17, 15) is 36.3 Å². The smallest absolute Gasteiger partial charge is 0.416 e. The van der Waals surface area contributed by atoms with E-state index in [1.165, 1.54) is 6.07 Å². The molecule has 0 fully saturated rings. The Morgan fingerprint density at radius 2 is 1.76 bits per heavy atom. The van der Waals surface area contributed by atoms with Gasteiger partial charge in [0.25, 0.3) is 15.6 Å². The molecule has 1 aliphatic heterocycles. The van der Waals surface area contributed by atoms with Crippen LogP contribution in [0.25, 0.3) is 21.9 Å². The number of rotatable bonds is 6. The number of sulfonamides is 1. The minimum absolute atomic E-state index is 0.0162. The van der Waals surface area contributed by atoms with Crippen molar-refractivity contribution in [3.05, 3.63) is 98.2 Å². The van der Waals surface area contributed by atoms with Gasteiger partial charge in [-0.1, -0.05) is 61.5 Å². The van der Waals surface area contributed by atoms with Crippen LogP contribution in [0, 0.1) is 0 Å². The first-order valence-electron chi connectivity index (χ1n) is 12.7. The average Bonchev–Trinajstić information content (AvgIpc) is 2.92. The molecule has 3 aromatic carbocycles. The molecule has 0 amide bonds. The van der Waals surface area contributed by atoms with Crippen molar-refractivity contribution in [3.63, 3.8) is 0 Å². The van der Waals surface area contributed by atoms with Crippen LogP contribution in [0.15, 0.2) is 81.0 Å². The molecule has 1 aliphatic rings. The molecular weight excluding hydrogens is 625 g/mol. The molecule has 1 atom stereocenters. The van der Waals surface area contributed by atoms with Crippen molar-refractivity contribution in [1.29, 1.82) is 0 Å². The van der Waals surface area contributed by atoms with E-state index in [0.29, 0.717) is 16.6 Å². The number of fused-ring (bicyclic) bond motifs is 2. The fourth-order valence-corrected chi connectivity index (χ4v) is 7.81. The molecule has 1 N–H and O–H groups in total. The Bertz CT molecular complexity index is 1850. The van der Waals surface area contributed by atoms with Crippen molar-refractivity contribution in [2.45, 2.75) is 37.0 Å². The van der Waals surface area contributed by atoms with Crippen molar-refractivity contribution in [2.24, 2.45) is 0 Å². The summed E-state index contributed by atoms with van der Waals surface area (Å²) >= 11 is 3.29. The number of pyridine rings is 1. The lowest BCUT2D eigenvalue weighted by Crippen LogP contribution is -2.50. The van der Waals surface area contributed by atoms with Gasteiger partial charge in [0.2, 0.25) is 0 Å². The molecular formula is C29H24BrF3N2O5S. The van der Waals surface area contributed by atoms with E-state index in [1.54, 1.807) is 19.1 Å². The zero-order valence-electron chi connectivity index (χ0n) is 21.7. The van der Waals surface area contributed by atoms with Gasteiger partial charge < -0.3 is 5.11 Å². The molecule has 0 radical (unpaired) electrons. The van der Waals surface area contributed by atoms with E-state index < -0.39 is 50.9 Å². The second-order valence-electron chi connectivity index (χ2n) is 9.76. The number of hydrogen-bond donors (Lipinski definition) is 1. The van der Waals surface area contributed by atoms with Crippen molar-refractivity contribution >= 4 is 42.7 Å².